The van der Waals surface area contributed by atoms with Crippen LogP contribution in [0.1, 0.15) is 12.5 Å². The van der Waals surface area contributed by atoms with Gasteiger partial charge in [0, 0.05) is 18.2 Å². The zero-order chi connectivity index (χ0) is 20.2. The lowest BCUT2D eigenvalue weighted by Gasteiger charge is -2.15. The van der Waals surface area contributed by atoms with Gasteiger partial charge in [-0.3, -0.25) is 0 Å². The van der Waals surface area contributed by atoms with Crippen LogP contribution in [0.15, 0.2) is 36.4 Å². The first kappa shape index (κ1) is 20.7. The summed E-state index contributed by atoms with van der Waals surface area (Å²) in [6.07, 6.45) is -5.40. The van der Waals surface area contributed by atoms with Crippen LogP contribution in [0.4, 0.5) is 13.2 Å². The Morgan fingerprint density at radius 1 is 1.04 bits per heavy atom. The van der Waals surface area contributed by atoms with Gasteiger partial charge in [-0.1, -0.05) is 11.6 Å². The average molecular weight is 405 g/mol. The molecule has 0 amide bonds. The molecule has 0 saturated heterocycles. The first-order valence-corrected chi connectivity index (χ1v) is 8.00. The number of hydrogen-bond acceptors (Lipinski definition) is 5. The van der Waals surface area contributed by atoms with E-state index < -0.39 is 23.8 Å². The van der Waals surface area contributed by atoms with Gasteiger partial charge >= 0.3 is 12.1 Å². The van der Waals surface area contributed by atoms with Crippen LogP contribution in [-0.4, -0.2) is 26.3 Å². The number of carbonyl (C=O) groups excluding carboxylic acids is 1. The van der Waals surface area contributed by atoms with Gasteiger partial charge in [0.2, 0.25) is 0 Å². The average Bonchev–Trinajstić information content (AvgIpc) is 2.61. The van der Waals surface area contributed by atoms with Crippen molar-refractivity contribution >= 4 is 17.6 Å². The second-order valence-electron chi connectivity index (χ2n) is 5.37. The van der Waals surface area contributed by atoms with E-state index in [1.54, 1.807) is 0 Å². The standard InChI is InChI=1S/C18H16ClF3O5/c1-10(17(23)25-3)26-13-7-12(24-2)8-14(9-13)27-16-5-4-11(6-15(16)19)18(20,21)22/h4-10H,1-3H3. The summed E-state index contributed by atoms with van der Waals surface area (Å²) >= 11 is 5.89. The normalized spacial score (nSPS) is 12.3. The fourth-order valence-corrected chi connectivity index (χ4v) is 2.31. The summed E-state index contributed by atoms with van der Waals surface area (Å²) in [4.78, 5) is 11.5. The van der Waals surface area contributed by atoms with Crippen molar-refractivity contribution in [2.24, 2.45) is 0 Å². The molecular formula is C18H16ClF3O5. The molecule has 0 spiro atoms. The zero-order valence-electron chi connectivity index (χ0n) is 14.6. The van der Waals surface area contributed by atoms with Gasteiger partial charge in [-0.05, 0) is 25.1 Å². The van der Waals surface area contributed by atoms with Gasteiger partial charge < -0.3 is 18.9 Å². The molecule has 0 aliphatic rings. The van der Waals surface area contributed by atoms with Crippen molar-refractivity contribution in [3.05, 3.63) is 47.0 Å². The molecule has 0 aliphatic carbocycles. The molecule has 1 atom stereocenters. The van der Waals surface area contributed by atoms with Crippen molar-refractivity contribution in [3.8, 4) is 23.0 Å². The minimum atomic E-state index is -4.51. The molecule has 0 aliphatic heterocycles. The van der Waals surface area contributed by atoms with Crippen LogP contribution in [0, 0.1) is 0 Å². The van der Waals surface area contributed by atoms with Crippen LogP contribution in [-0.2, 0) is 15.7 Å². The molecule has 0 aromatic heterocycles. The smallest absolute Gasteiger partial charge is 0.416 e. The molecule has 0 radical (unpaired) electrons. The lowest BCUT2D eigenvalue weighted by molar-refractivity contribution is -0.148. The van der Waals surface area contributed by atoms with Gasteiger partial charge in [0.1, 0.15) is 23.0 Å². The van der Waals surface area contributed by atoms with E-state index in [4.69, 9.17) is 25.8 Å². The Morgan fingerprint density at radius 3 is 2.22 bits per heavy atom. The Bertz CT molecular complexity index is 823. The molecule has 0 fully saturated rings. The van der Waals surface area contributed by atoms with Crippen LogP contribution >= 0.6 is 11.6 Å². The number of carbonyl (C=O) groups is 1. The topological polar surface area (TPSA) is 54.0 Å². The molecule has 0 bridgehead atoms. The van der Waals surface area contributed by atoms with Crippen LogP contribution in [0.3, 0.4) is 0 Å². The summed E-state index contributed by atoms with van der Waals surface area (Å²) in [5, 5.41) is -0.210. The maximum Gasteiger partial charge on any atom is 0.416 e. The first-order chi connectivity index (χ1) is 12.6. The van der Waals surface area contributed by atoms with Crippen molar-refractivity contribution in [2.45, 2.75) is 19.2 Å². The van der Waals surface area contributed by atoms with Gasteiger partial charge in [0.15, 0.2) is 6.10 Å². The van der Waals surface area contributed by atoms with E-state index in [0.29, 0.717) is 5.75 Å². The third-order valence-corrected chi connectivity index (χ3v) is 3.72. The highest BCUT2D eigenvalue weighted by molar-refractivity contribution is 6.32. The quantitative estimate of drug-likeness (QED) is 0.627. The summed E-state index contributed by atoms with van der Waals surface area (Å²) < 4.78 is 58.9. The predicted molar refractivity (Wildman–Crippen MR) is 91.6 cm³/mol. The van der Waals surface area contributed by atoms with Crippen LogP contribution in [0.5, 0.6) is 23.0 Å². The highest BCUT2D eigenvalue weighted by atomic mass is 35.5. The fourth-order valence-electron chi connectivity index (χ4n) is 2.10. The Labute approximate surface area is 158 Å². The molecule has 9 heteroatoms. The molecule has 146 valence electrons. The molecule has 0 heterocycles. The van der Waals surface area contributed by atoms with Crippen molar-refractivity contribution < 1.29 is 36.9 Å². The Balaban J connectivity index is 2.28. The Morgan fingerprint density at radius 2 is 1.67 bits per heavy atom. The fraction of sp³-hybridized carbons (Fsp3) is 0.278. The second kappa shape index (κ2) is 8.39. The summed E-state index contributed by atoms with van der Waals surface area (Å²) in [5.74, 6) is 0.229. The maximum atomic E-state index is 12.7. The van der Waals surface area contributed by atoms with Gasteiger partial charge in [-0.25, -0.2) is 4.79 Å². The van der Waals surface area contributed by atoms with E-state index in [-0.39, 0.29) is 22.3 Å². The van der Waals surface area contributed by atoms with E-state index >= 15 is 0 Å². The molecule has 2 aromatic carbocycles. The Hall–Kier alpha value is -2.61. The van der Waals surface area contributed by atoms with Crippen molar-refractivity contribution in [2.75, 3.05) is 14.2 Å². The summed E-state index contributed by atoms with van der Waals surface area (Å²) in [5.41, 5.74) is -0.888. The summed E-state index contributed by atoms with van der Waals surface area (Å²) in [7, 11) is 2.65. The van der Waals surface area contributed by atoms with E-state index in [1.807, 2.05) is 0 Å². The van der Waals surface area contributed by atoms with Gasteiger partial charge in [0.05, 0.1) is 24.8 Å². The monoisotopic (exact) mass is 404 g/mol. The minimum Gasteiger partial charge on any atom is -0.496 e. The predicted octanol–water partition coefficient (Wildman–Crippen LogP) is 5.10. The molecule has 2 aromatic rings. The van der Waals surface area contributed by atoms with Crippen LogP contribution < -0.4 is 14.2 Å². The van der Waals surface area contributed by atoms with E-state index in [1.165, 1.54) is 39.3 Å². The number of methoxy groups -OCH3 is 2. The third kappa shape index (κ3) is 5.43. The largest absolute Gasteiger partial charge is 0.496 e. The van der Waals surface area contributed by atoms with Crippen LogP contribution in [0.2, 0.25) is 5.02 Å². The molecular weight excluding hydrogens is 389 g/mol. The van der Waals surface area contributed by atoms with E-state index in [9.17, 15) is 18.0 Å². The van der Waals surface area contributed by atoms with Crippen molar-refractivity contribution in [1.29, 1.82) is 0 Å². The molecule has 27 heavy (non-hydrogen) atoms. The second-order valence-corrected chi connectivity index (χ2v) is 5.78. The number of alkyl halides is 3. The van der Waals surface area contributed by atoms with Crippen molar-refractivity contribution in [1.82, 2.24) is 0 Å². The van der Waals surface area contributed by atoms with E-state index in [0.717, 1.165) is 18.2 Å². The third-order valence-electron chi connectivity index (χ3n) is 3.42. The van der Waals surface area contributed by atoms with Gasteiger partial charge in [-0.2, -0.15) is 13.2 Å². The highest BCUT2D eigenvalue weighted by Gasteiger charge is 2.31. The maximum absolute atomic E-state index is 12.7. The number of halogens is 4. The zero-order valence-corrected chi connectivity index (χ0v) is 15.4. The van der Waals surface area contributed by atoms with Crippen LogP contribution in [0.25, 0.3) is 0 Å². The number of rotatable bonds is 6. The highest BCUT2D eigenvalue weighted by Crippen LogP contribution is 2.38. The minimum absolute atomic E-state index is 0.0184. The van der Waals surface area contributed by atoms with E-state index in [2.05, 4.69) is 4.74 Å². The van der Waals surface area contributed by atoms with Gasteiger partial charge in [0.25, 0.3) is 0 Å². The number of esters is 1. The molecule has 1 unspecified atom stereocenters. The Kier molecular flexibility index (Phi) is 6.43. The van der Waals surface area contributed by atoms with Crippen molar-refractivity contribution in [3.63, 3.8) is 0 Å². The number of hydrogen-bond donors (Lipinski definition) is 0. The molecule has 5 nitrogen and oxygen atoms in total. The number of benzene rings is 2. The molecule has 0 N–H and O–H groups in total. The number of ether oxygens (including phenoxy) is 4. The summed E-state index contributed by atoms with van der Waals surface area (Å²) in [6, 6.07) is 7.19. The lowest BCUT2D eigenvalue weighted by Crippen LogP contribution is -2.24. The summed E-state index contributed by atoms with van der Waals surface area (Å²) in [6.45, 7) is 1.50. The first-order valence-electron chi connectivity index (χ1n) is 7.62. The SMILES string of the molecule is COC(=O)C(C)Oc1cc(OC)cc(Oc2ccc(C(F)(F)F)cc2Cl)c1. The lowest BCUT2D eigenvalue weighted by atomic mass is 10.2. The van der Waals surface area contributed by atoms with Gasteiger partial charge in [-0.15, -0.1) is 0 Å². The molecule has 2 rings (SSSR count). The molecule has 0 saturated carbocycles.